The Morgan fingerprint density at radius 1 is 1.10 bits per heavy atom. The van der Waals surface area contributed by atoms with Crippen LogP contribution in [0.2, 0.25) is 0 Å². The fourth-order valence-electron chi connectivity index (χ4n) is 3.58. The molecule has 0 bridgehead atoms. The third-order valence-electron chi connectivity index (χ3n) is 5.28. The molecular weight excluding hydrogens is 257 g/mol. The number of ether oxygens (including phenoxy) is 1. The van der Waals surface area contributed by atoms with Crippen LogP contribution in [0, 0.1) is 11.8 Å². The van der Waals surface area contributed by atoms with Gasteiger partial charge in [0.15, 0.2) is 0 Å². The minimum atomic E-state index is -0.727. The highest BCUT2D eigenvalue weighted by molar-refractivity contribution is 4.90. The first-order valence-corrected chi connectivity index (χ1v) is 8.08. The lowest BCUT2D eigenvalue weighted by molar-refractivity contribution is -0.0864. The van der Waals surface area contributed by atoms with Crippen LogP contribution in [0.15, 0.2) is 0 Å². The van der Waals surface area contributed by atoms with Gasteiger partial charge in [-0.15, -0.1) is 0 Å². The maximum atomic E-state index is 14.4. The molecule has 3 aliphatic rings. The molecule has 3 aliphatic heterocycles. The third-order valence-corrected chi connectivity index (χ3v) is 5.28. The molecule has 0 aromatic rings. The second kappa shape index (κ2) is 6.26. The van der Waals surface area contributed by atoms with Crippen LogP contribution >= 0.6 is 0 Å². The van der Waals surface area contributed by atoms with E-state index in [1.165, 1.54) is 0 Å². The standard InChI is InChI=1S/C15H28FN3O/c1-11(2)12-7-14(16)15(17-8-12)19-5-3-18(4-6-19)13-9-20-10-13/h11-15,17H,3-10H2,1-2H3. The third kappa shape index (κ3) is 3.01. The zero-order valence-corrected chi connectivity index (χ0v) is 12.7. The van der Waals surface area contributed by atoms with E-state index in [1.807, 2.05) is 0 Å². The number of alkyl halides is 1. The number of piperidine rings is 1. The van der Waals surface area contributed by atoms with E-state index in [9.17, 15) is 4.39 Å². The molecule has 116 valence electrons. The highest BCUT2D eigenvalue weighted by Gasteiger charge is 2.37. The first kappa shape index (κ1) is 14.7. The second-order valence-electron chi connectivity index (χ2n) is 6.87. The Labute approximate surface area is 121 Å². The second-order valence-corrected chi connectivity index (χ2v) is 6.87. The van der Waals surface area contributed by atoms with Gasteiger partial charge in [-0.25, -0.2) is 4.39 Å². The summed E-state index contributed by atoms with van der Waals surface area (Å²) in [6.07, 6.45) is -0.0778. The van der Waals surface area contributed by atoms with Gasteiger partial charge >= 0.3 is 0 Å². The summed E-state index contributed by atoms with van der Waals surface area (Å²) in [5.41, 5.74) is 0. The van der Waals surface area contributed by atoms with E-state index in [0.717, 1.165) is 45.9 Å². The maximum absolute atomic E-state index is 14.4. The van der Waals surface area contributed by atoms with Gasteiger partial charge in [0, 0.05) is 26.2 Å². The number of nitrogens with zero attached hydrogens (tertiary/aromatic N) is 2. The number of rotatable bonds is 3. The Morgan fingerprint density at radius 3 is 2.25 bits per heavy atom. The SMILES string of the molecule is CC(C)C1CNC(N2CCN(C3COC3)CC2)C(F)C1. The summed E-state index contributed by atoms with van der Waals surface area (Å²) in [4.78, 5) is 4.80. The van der Waals surface area contributed by atoms with Crippen molar-refractivity contribution in [1.29, 1.82) is 0 Å². The Kier molecular flexibility index (Phi) is 4.60. The van der Waals surface area contributed by atoms with Crippen LogP contribution in [0.25, 0.3) is 0 Å². The molecule has 3 fully saturated rings. The lowest BCUT2D eigenvalue weighted by Gasteiger charge is -2.47. The van der Waals surface area contributed by atoms with E-state index in [-0.39, 0.29) is 6.17 Å². The highest BCUT2D eigenvalue weighted by atomic mass is 19.1. The van der Waals surface area contributed by atoms with Crippen molar-refractivity contribution >= 4 is 0 Å². The van der Waals surface area contributed by atoms with Crippen LogP contribution in [0.4, 0.5) is 4.39 Å². The normalized spacial score (nSPS) is 38.1. The topological polar surface area (TPSA) is 27.7 Å². The van der Waals surface area contributed by atoms with Gasteiger partial charge in [0.2, 0.25) is 0 Å². The van der Waals surface area contributed by atoms with Crippen LogP contribution < -0.4 is 5.32 Å². The van der Waals surface area contributed by atoms with Crippen molar-refractivity contribution in [2.75, 3.05) is 45.9 Å². The van der Waals surface area contributed by atoms with Gasteiger partial charge < -0.3 is 4.74 Å². The van der Waals surface area contributed by atoms with Crippen molar-refractivity contribution in [3.05, 3.63) is 0 Å². The monoisotopic (exact) mass is 285 g/mol. The van der Waals surface area contributed by atoms with Crippen LogP contribution in [0.5, 0.6) is 0 Å². The van der Waals surface area contributed by atoms with E-state index < -0.39 is 6.17 Å². The largest absolute Gasteiger partial charge is 0.378 e. The first-order chi connectivity index (χ1) is 9.65. The van der Waals surface area contributed by atoms with Crippen LogP contribution in [-0.4, -0.2) is 74.1 Å². The molecule has 5 heteroatoms. The Hall–Kier alpha value is -0.230. The van der Waals surface area contributed by atoms with E-state index >= 15 is 0 Å². The first-order valence-electron chi connectivity index (χ1n) is 8.08. The predicted octanol–water partition coefficient (Wildman–Crippen LogP) is 0.933. The number of halogens is 1. The summed E-state index contributed by atoms with van der Waals surface area (Å²) >= 11 is 0. The van der Waals surface area contributed by atoms with Gasteiger partial charge in [0.05, 0.1) is 25.4 Å². The molecule has 3 heterocycles. The molecule has 20 heavy (non-hydrogen) atoms. The summed E-state index contributed by atoms with van der Waals surface area (Å²) in [6.45, 7) is 11.1. The molecule has 0 aromatic carbocycles. The molecule has 1 N–H and O–H groups in total. The summed E-state index contributed by atoms with van der Waals surface area (Å²) < 4.78 is 19.7. The molecule has 3 unspecified atom stereocenters. The molecule has 3 rings (SSSR count). The molecule has 0 spiro atoms. The van der Waals surface area contributed by atoms with Gasteiger partial charge in [-0.05, 0) is 24.8 Å². The molecule has 0 amide bonds. The average molecular weight is 285 g/mol. The molecule has 4 nitrogen and oxygen atoms in total. The van der Waals surface area contributed by atoms with E-state index in [0.29, 0.717) is 24.3 Å². The van der Waals surface area contributed by atoms with Crippen molar-refractivity contribution in [1.82, 2.24) is 15.1 Å². The lowest BCUT2D eigenvalue weighted by Crippen LogP contribution is -2.63. The smallest absolute Gasteiger partial charge is 0.129 e. The predicted molar refractivity (Wildman–Crippen MR) is 77.4 cm³/mol. The lowest BCUT2D eigenvalue weighted by atomic mass is 9.86. The Morgan fingerprint density at radius 2 is 1.75 bits per heavy atom. The molecule has 0 aromatic heterocycles. The summed E-state index contributed by atoms with van der Waals surface area (Å²) in [5.74, 6) is 1.05. The van der Waals surface area contributed by atoms with Gasteiger partial charge in [-0.3, -0.25) is 15.1 Å². The Bertz CT molecular complexity index is 316. The van der Waals surface area contributed by atoms with E-state index in [1.54, 1.807) is 0 Å². The quantitative estimate of drug-likeness (QED) is 0.835. The van der Waals surface area contributed by atoms with E-state index in [4.69, 9.17) is 4.74 Å². The summed E-state index contributed by atoms with van der Waals surface area (Å²) in [6, 6.07) is 0.614. The number of hydrogen-bond acceptors (Lipinski definition) is 4. The van der Waals surface area contributed by atoms with Crippen molar-refractivity contribution in [2.24, 2.45) is 11.8 Å². The molecule has 3 saturated heterocycles. The van der Waals surface area contributed by atoms with Crippen LogP contribution in [-0.2, 0) is 4.74 Å². The molecule has 3 atom stereocenters. The van der Waals surface area contributed by atoms with Crippen molar-refractivity contribution in [3.63, 3.8) is 0 Å². The highest BCUT2D eigenvalue weighted by Crippen LogP contribution is 2.26. The molecule has 0 aliphatic carbocycles. The summed E-state index contributed by atoms with van der Waals surface area (Å²) in [7, 11) is 0. The van der Waals surface area contributed by atoms with Gasteiger partial charge in [0.1, 0.15) is 6.17 Å². The summed E-state index contributed by atoms with van der Waals surface area (Å²) in [5, 5.41) is 3.45. The van der Waals surface area contributed by atoms with Crippen molar-refractivity contribution in [3.8, 4) is 0 Å². The van der Waals surface area contributed by atoms with E-state index in [2.05, 4.69) is 29.0 Å². The zero-order valence-electron chi connectivity index (χ0n) is 12.7. The average Bonchev–Trinajstić information content (AvgIpc) is 2.37. The molecule has 0 saturated carbocycles. The van der Waals surface area contributed by atoms with Gasteiger partial charge in [-0.1, -0.05) is 13.8 Å². The fourth-order valence-corrected chi connectivity index (χ4v) is 3.58. The fraction of sp³-hybridized carbons (Fsp3) is 1.00. The number of nitrogens with one attached hydrogen (secondary N) is 1. The number of piperazine rings is 1. The maximum Gasteiger partial charge on any atom is 0.129 e. The van der Waals surface area contributed by atoms with Crippen LogP contribution in [0.1, 0.15) is 20.3 Å². The van der Waals surface area contributed by atoms with Gasteiger partial charge in [-0.2, -0.15) is 0 Å². The molecule has 0 radical (unpaired) electrons. The van der Waals surface area contributed by atoms with Crippen molar-refractivity contribution in [2.45, 2.75) is 38.6 Å². The number of hydrogen-bond donors (Lipinski definition) is 1. The minimum Gasteiger partial charge on any atom is -0.378 e. The Balaban J connectivity index is 1.48. The van der Waals surface area contributed by atoms with Gasteiger partial charge in [0.25, 0.3) is 0 Å². The zero-order chi connectivity index (χ0) is 14.1. The molecular formula is C15H28FN3O. The van der Waals surface area contributed by atoms with Crippen LogP contribution in [0.3, 0.4) is 0 Å². The minimum absolute atomic E-state index is 0.0650. The van der Waals surface area contributed by atoms with Crippen molar-refractivity contribution < 1.29 is 9.13 Å².